The molecule has 2 heterocycles. The van der Waals surface area contributed by atoms with E-state index >= 15 is 0 Å². The van der Waals surface area contributed by atoms with Crippen LogP contribution < -0.4 is 10.6 Å². The number of amides is 1. The minimum absolute atomic E-state index is 0.0310. The molecule has 33 heavy (non-hydrogen) atoms. The van der Waals surface area contributed by atoms with Crippen molar-refractivity contribution in [2.75, 3.05) is 10.6 Å². The molecular formula is C24H22F3N5O. The van der Waals surface area contributed by atoms with Crippen LogP contribution in [0.3, 0.4) is 0 Å². The molecule has 1 aromatic heterocycles. The fourth-order valence-corrected chi connectivity index (χ4v) is 3.95. The Kier molecular flexibility index (Phi) is 6.09. The zero-order chi connectivity index (χ0) is 23.6. The Morgan fingerprint density at radius 2 is 2.03 bits per heavy atom. The van der Waals surface area contributed by atoms with Gasteiger partial charge in [-0.25, -0.2) is 4.68 Å². The molecule has 0 spiro atoms. The number of alkyl halides is 3. The third-order valence-electron chi connectivity index (χ3n) is 5.67. The molecule has 0 saturated heterocycles. The average molecular weight is 453 g/mol. The Balaban J connectivity index is 1.63. The van der Waals surface area contributed by atoms with Gasteiger partial charge >= 0.3 is 6.18 Å². The number of rotatable bonds is 5. The number of benzene rings is 2. The van der Waals surface area contributed by atoms with Gasteiger partial charge in [0, 0.05) is 18.5 Å². The number of halogens is 3. The van der Waals surface area contributed by atoms with Gasteiger partial charge < -0.3 is 10.6 Å². The Morgan fingerprint density at radius 3 is 2.73 bits per heavy atom. The van der Waals surface area contributed by atoms with E-state index in [4.69, 9.17) is 5.26 Å². The number of aromatic nitrogens is 2. The molecule has 3 aromatic rings. The van der Waals surface area contributed by atoms with Crippen LogP contribution in [0.4, 0.5) is 24.7 Å². The Bertz CT molecular complexity index is 1190. The number of hydrogen-bond acceptors (Lipinski definition) is 4. The first-order valence-corrected chi connectivity index (χ1v) is 10.5. The van der Waals surface area contributed by atoms with Gasteiger partial charge in [0.15, 0.2) is 6.04 Å². The maximum atomic E-state index is 13.9. The SMILES string of the molecule is Cc1ccc([C@H]2C[C@@H](C(F)(F)F)n3ncc(C(=O)Nc4cccc(CCC#N)c4)c3N2)cc1. The van der Waals surface area contributed by atoms with Crippen molar-refractivity contribution >= 4 is 17.4 Å². The van der Waals surface area contributed by atoms with Gasteiger partial charge in [0.1, 0.15) is 11.4 Å². The van der Waals surface area contributed by atoms with Crippen LogP contribution in [0.5, 0.6) is 0 Å². The fourth-order valence-electron chi connectivity index (χ4n) is 3.95. The number of nitrogens with zero attached hydrogens (tertiary/aromatic N) is 3. The summed E-state index contributed by atoms with van der Waals surface area (Å²) in [5.74, 6) is -0.529. The molecule has 6 nitrogen and oxygen atoms in total. The summed E-state index contributed by atoms with van der Waals surface area (Å²) in [6, 6.07) is 13.9. The maximum absolute atomic E-state index is 13.9. The molecule has 9 heteroatoms. The van der Waals surface area contributed by atoms with Crippen molar-refractivity contribution in [1.82, 2.24) is 9.78 Å². The monoisotopic (exact) mass is 453 g/mol. The molecule has 0 unspecified atom stereocenters. The summed E-state index contributed by atoms with van der Waals surface area (Å²) in [4.78, 5) is 13.0. The number of hydrogen-bond donors (Lipinski definition) is 2. The third-order valence-corrected chi connectivity index (χ3v) is 5.67. The first kappa shape index (κ1) is 22.4. The zero-order valence-corrected chi connectivity index (χ0v) is 17.9. The van der Waals surface area contributed by atoms with Gasteiger partial charge in [0.25, 0.3) is 5.91 Å². The van der Waals surface area contributed by atoms with Crippen molar-refractivity contribution in [3.63, 3.8) is 0 Å². The lowest BCUT2D eigenvalue weighted by atomic mass is 9.96. The molecule has 0 radical (unpaired) electrons. The molecule has 2 N–H and O–H groups in total. The third kappa shape index (κ3) is 4.85. The van der Waals surface area contributed by atoms with Crippen LogP contribution in [0.15, 0.2) is 54.7 Å². The lowest BCUT2D eigenvalue weighted by molar-refractivity contribution is -0.173. The van der Waals surface area contributed by atoms with Crippen molar-refractivity contribution in [1.29, 1.82) is 5.26 Å². The van der Waals surface area contributed by atoms with E-state index in [0.29, 0.717) is 24.1 Å². The van der Waals surface area contributed by atoms with Crippen LogP contribution in [0.2, 0.25) is 0 Å². The summed E-state index contributed by atoms with van der Waals surface area (Å²) in [5.41, 5.74) is 3.11. The van der Waals surface area contributed by atoms with Crippen LogP contribution in [0.25, 0.3) is 0 Å². The molecule has 2 aromatic carbocycles. The maximum Gasteiger partial charge on any atom is 0.410 e. The molecule has 0 saturated carbocycles. The normalized spacial score (nSPS) is 17.5. The second-order valence-electron chi connectivity index (χ2n) is 8.06. The first-order valence-electron chi connectivity index (χ1n) is 10.5. The van der Waals surface area contributed by atoms with Gasteiger partial charge in [-0.3, -0.25) is 4.79 Å². The van der Waals surface area contributed by atoms with Crippen molar-refractivity contribution in [3.05, 3.63) is 77.0 Å². The predicted molar refractivity (Wildman–Crippen MR) is 118 cm³/mol. The summed E-state index contributed by atoms with van der Waals surface area (Å²) in [6.07, 6.45) is -2.71. The first-order chi connectivity index (χ1) is 15.8. The van der Waals surface area contributed by atoms with Crippen LogP contribution in [0.1, 0.15) is 52.0 Å². The number of carbonyl (C=O) groups is 1. The van der Waals surface area contributed by atoms with Gasteiger partial charge in [-0.1, -0.05) is 42.0 Å². The number of fused-ring (bicyclic) bond motifs is 1. The van der Waals surface area contributed by atoms with E-state index in [-0.39, 0.29) is 17.8 Å². The number of nitrogens with one attached hydrogen (secondary N) is 2. The quantitative estimate of drug-likeness (QED) is 0.530. The van der Waals surface area contributed by atoms with Gasteiger partial charge in [-0.05, 0) is 36.6 Å². The largest absolute Gasteiger partial charge is 0.410 e. The lowest BCUT2D eigenvalue weighted by Gasteiger charge is -2.34. The van der Waals surface area contributed by atoms with Gasteiger partial charge in [0.2, 0.25) is 0 Å². The Hall–Kier alpha value is -3.80. The second kappa shape index (κ2) is 8.98. The molecule has 0 aliphatic carbocycles. The molecule has 170 valence electrons. The summed E-state index contributed by atoms with van der Waals surface area (Å²) in [7, 11) is 0. The van der Waals surface area contributed by atoms with Crippen LogP contribution in [-0.4, -0.2) is 21.9 Å². The Labute approximate surface area is 189 Å². The summed E-state index contributed by atoms with van der Waals surface area (Å²) < 4.78 is 42.4. The summed E-state index contributed by atoms with van der Waals surface area (Å²) in [5, 5.41) is 18.5. The van der Waals surface area contributed by atoms with E-state index in [9.17, 15) is 18.0 Å². The Morgan fingerprint density at radius 1 is 1.27 bits per heavy atom. The second-order valence-corrected chi connectivity index (χ2v) is 8.06. The minimum Gasteiger partial charge on any atom is -0.363 e. The van der Waals surface area contributed by atoms with Crippen molar-refractivity contribution < 1.29 is 18.0 Å². The fraction of sp³-hybridized carbons (Fsp3) is 0.292. The van der Waals surface area contributed by atoms with Gasteiger partial charge in [0.05, 0.1) is 18.3 Å². The van der Waals surface area contributed by atoms with E-state index < -0.39 is 24.2 Å². The van der Waals surface area contributed by atoms with Crippen molar-refractivity contribution in [2.24, 2.45) is 0 Å². The molecule has 1 amide bonds. The molecule has 1 aliphatic rings. The predicted octanol–water partition coefficient (Wildman–Crippen LogP) is 5.56. The standard InChI is InChI=1S/C24H22F3N5O/c1-15-7-9-17(10-8-15)20-13-21(24(25,26)27)32-22(31-20)19(14-29-32)23(33)30-18-6-2-4-16(12-18)5-3-11-28/h2,4,6-10,12,14,20-21,31H,3,5,13H2,1H3,(H,30,33)/t20-,21+/m1/s1. The molecule has 4 rings (SSSR count). The van der Waals surface area contributed by atoms with Crippen molar-refractivity contribution in [2.45, 2.75) is 44.4 Å². The van der Waals surface area contributed by atoms with Crippen molar-refractivity contribution in [3.8, 4) is 6.07 Å². The highest BCUT2D eigenvalue weighted by Gasteiger charge is 2.47. The highest BCUT2D eigenvalue weighted by Crippen LogP contribution is 2.44. The summed E-state index contributed by atoms with van der Waals surface area (Å²) in [6.45, 7) is 1.91. The molecule has 2 atom stereocenters. The lowest BCUT2D eigenvalue weighted by Crippen LogP contribution is -2.36. The van der Waals surface area contributed by atoms with E-state index in [1.165, 1.54) is 0 Å². The number of aryl methyl sites for hydroxylation is 2. The van der Waals surface area contributed by atoms with E-state index in [2.05, 4.69) is 21.8 Å². The highest BCUT2D eigenvalue weighted by molar-refractivity contribution is 6.07. The van der Waals surface area contributed by atoms with Gasteiger partial charge in [-0.15, -0.1) is 0 Å². The molecule has 0 bridgehead atoms. The number of nitriles is 1. The zero-order valence-electron chi connectivity index (χ0n) is 17.9. The highest BCUT2D eigenvalue weighted by atomic mass is 19.4. The number of carbonyl (C=O) groups excluding carboxylic acids is 1. The molecular weight excluding hydrogens is 431 g/mol. The number of anilines is 2. The van der Waals surface area contributed by atoms with E-state index in [1.54, 1.807) is 30.3 Å². The average Bonchev–Trinajstić information content (AvgIpc) is 3.21. The molecule has 0 fully saturated rings. The van der Waals surface area contributed by atoms with Crippen LogP contribution in [-0.2, 0) is 6.42 Å². The van der Waals surface area contributed by atoms with E-state index in [0.717, 1.165) is 22.0 Å². The molecule has 1 aliphatic heterocycles. The van der Waals surface area contributed by atoms with Crippen LogP contribution >= 0.6 is 0 Å². The van der Waals surface area contributed by atoms with Crippen LogP contribution in [0, 0.1) is 18.3 Å². The minimum atomic E-state index is -4.52. The smallest absolute Gasteiger partial charge is 0.363 e. The summed E-state index contributed by atoms with van der Waals surface area (Å²) >= 11 is 0. The van der Waals surface area contributed by atoms with E-state index in [1.807, 2.05) is 25.1 Å². The topological polar surface area (TPSA) is 82.7 Å². The van der Waals surface area contributed by atoms with Gasteiger partial charge in [-0.2, -0.15) is 23.5 Å².